The number of likely N-dealkylation sites (N-methyl/N-ethyl adjacent to an activating group) is 1. The molecule has 1 saturated heterocycles. The first-order valence-corrected chi connectivity index (χ1v) is 8.40. The zero-order valence-electron chi connectivity index (χ0n) is 12.5. The molecule has 1 aromatic carbocycles. The molecule has 0 radical (unpaired) electrons. The van der Waals surface area contributed by atoms with Crippen LogP contribution in [0.5, 0.6) is 0 Å². The van der Waals surface area contributed by atoms with E-state index in [-0.39, 0.29) is 35.8 Å². The van der Waals surface area contributed by atoms with E-state index in [0.717, 1.165) is 17.1 Å². The third-order valence-corrected chi connectivity index (χ3v) is 5.52. The van der Waals surface area contributed by atoms with Crippen molar-refractivity contribution in [2.45, 2.75) is 23.8 Å². The maximum absolute atomic E-state index is 12.3. The summed E-state index contributed by atoms with van der Waals surface area (Å²) in [6.45, 7) is 1.05. The summed E-state index contributed by atoms with van der Waals surface area (Å²) in [5.41, 5.74) is 5.80. The third kappa shape index (κ3) is 4.42. The fraction of sp³-hybridized carbons (Fsp3) is 0.500. The highest BCUT2D eigenvalue weighted by Gasteiger charge is 2.26. The number of carbonyl (C=O) groups is 1. The van der Waals surface area contributed by atoms with Crippen LogP contribution in [-0.4, -0.2) is 56.3 Å². The second kappa shape index (κ2) is 7.92. The molecule has 124 valence electrons. The number of nitrogens with two attached hydrogens (primary N) is 1. The molecule has 1 amide bonds. The van der Waals surface area contributed by atoms with E-state index < -0.39 is 10.0 Å². The number of nitrogens with zero attached hydrogens (tertiary/aromatic N) is 2. The average molecular weight is 348 g/mol. The summed E-state index contributed by atoms with van der Waals surface area (Å²) in [7, 11) is -2.20. The van der Waals surface area contributed by atoms with E-state index in [0.29, 0.717) is 13.1 Å². The van der Waals surface area contributed by atoms with Crippen molar-refractivity contribution in [2.75, 3.05) is 26.7 Å². The second-order valence-electron chi connectivity index (χ2n) is 5.29. The number of hydrogen-bond acceptors (Lipinski definition) is 4. The lowest BCUT2D eigenvalue weighted by Crippen LogP contribution is -2.47. The van der Waals surface area contributed by atoms with Gasteiger partial charge in [0.05, 0.1) is 11.4 Å². The first-order chi connectivity index (χ1) is 9.91. The Hall–Kier alpha value is -1.15. The Morgan fingerprint density at radius 3 is 2.36 bits per heavy atom. The number of likely N-dealkylation sites (tertiary alicyclic amines) is 1. The molecule has 2 N–H and O–H groups in total. The summed E-state index contributed by atoms with van der Waals surface area (Å²) in [5.74, 6) is -0.177. The van der Waals surface area contributed by atoms with Crippen LogP contribution in [0.15, 0.2) is 35.2 Å². The quantitative estimate of drug-likeness (QED) is 0.868. The Morgan fingerprint density at radius 1 is 1.27 bits per heavy atom. The van der Waals surface area contributed by atoms with Crippen LogP contribution in [0.4, 0.5) is 0 Å². The van der Waals surface area contributed by atoms with Crippen molar-refractivity contribution in [3.63, 3.8) is 0 Å². The standard InChI is InChI=1S/C14H21N3O3S.ClH/c1-16(21(19,20)13-5-3-2-4-6-13)11-14(18)17-9-7-12(15)8-10-17;/h2-6,12H,7-11,15H2,1H3;1H. The first-order valence-electron chi connectivity index (χ1n) is 6.96. The monoisotopic (exact) mass is 347 g/mol. The number of amides is 1. The summed E-state index contributed by atoms with van der Waals surface area (Å²) in [6.07, 6.45) is 1.53. The molecule has 0 atom stereocenters. The number of hydrogen-bond donors (Lipinski definition) is 1. The third-order valence-electron chi connectivity index (χ3n) is 3.70. The normalized spacial score (nSPS) is 16.4. The molecule has 0 spiro atoms. The Kier molecular flexibility index (Phi) is 6.80. The van der Waals surface area contributed by atoms with Crippen LogP contribution in [0.1, 0.15) is 12.8 Å². The smallest absolute Gasteiger partial charge is 0.243 e. The van der Waals surface area contributed by atoms with Gasteiger partial charge in [-0.25, -0.2) is 8.42 Å². The number of rotatable bonds is 4. The molecule has 0 bridgehead atoms. The van der Waals surface area contributed by atoms with Gasteiger partial charge in [-0.15, -0.1) is 12.4 Å². The lowest BCUT2D eigenvalue weighted by molar-refractivity contribution is -0.132. The van der Waals surface area contributed by atoms with Gasteiger partial charge in [0.1, 0.15) is 0 Å². The summed E-state index contributed by atoms with van der Waals surface area (Å²) < 4.78 is 25.8. The van der Waals surface area contributed by atoms with E-state index in [9.17, 15) is 13.2 Å². The molecule has 8 heteroatoms. The Morgan fingerprint density at radius 2 is 1.82 bits per heavy atom. The van der Waals surface area contributed by atoms with Crippen LogP contribution >= 0.6 is 12.4 Å². The van der Waals surface area contributed by atoms with E-state index in [1.807, 2.05) is 0 Å². The Labute approximate surface area is 137 Å². The second-order valence-corrected chi connectivity index (χ2v) is 7.34. The van der Waals surface area contributed by atoms with Gasteiger partial charge in [-0.2, -0.15) is 4.31 Å². The Bertz CT molecular complexity index is 587. The largest absolute Gasteiger partial charge is 0.341 e. The van der Waals surface area contributed by atoms with Gasteiger partial charge in [-0.1, -0.05) is 18.2 Å². The van der Waals surface area contributed by atoms with Crippen LogP contribution < -0.4 is 5.73 Å². The van der Waals surface area contributed by atoms with Crippen molar-refractivity contribution >= 4 is 28.3 Å². The predicted octanol–water partition coefficient (Wildman–Crippen LogP) is 0.679. The van der Waals surface area contributed by atoms with Gasteiger partial charge in [-0.3, -0.25) is 4.79 Å². The SMILES string of the molecule is CN(CC(=O)N1CCC(N)CC1)S(=O)(=O)c1ccccc1.Cl. The molecule has 22 heavy (non-hydrogen) atoms. The van der Waals surface area contributed by atoms with E-state index in [2.05, 4.69) is 0 Å². The number of halogens is 1. The van der Waals surface area contributed by atoms with Crippen molar-refractivity contribution in [2.24, 2.45) is 5.73 Å². The minimum Gasteiger partial charge on any atom is -0.341 e. The van der Waals surface area contributed by atoms with Crippen molar-refractivity contribution in [1.29, 1.82) is 0 Å². The van der Waals surface area contributed by atoms with Crippen molar-refractivity contribution < 1.29 is 13.2 Å². The highest BCUT2D eigenvalue weighted by Crippen LogP contribution is 2.14. The molecule has 2 rings (SSSR count). The van der Waals surface area contributed by atoms with Crippen molar-refractivity contribution in [1.82, 2.24) is 9.21 Å². The maximum atomic E-state index is 12.3. The number of piperidine rings is 1. The van der Waals surface area contributed by atoms with Gasteiger partial charge in [0.2, 0.25) is 15.9 Å². The van der Waals surface area contributed by atoms with Gasteiger partial charge in [0.25, 0.3) is 0 Å². The molecular weight excluding hydrogens is 326 g/mol. The zero-order valence-corrected chi connectivity index (χ0v) is 14.1. The molecular formula is C14H22ClN3O3S. The molecule has 0 unspecified atom stereocenters. The van der Waals surface area contributed by atoms with Gasteiger partial charge in [-0.05, 0) is 25.0 Å². The molecule has 1 heterocycles. The lowest BCUT2D eigenvalue weighted by atomic mass is 10.1. The molecule has 1 fully saturated rings. The molecule has 0 saturated carbocycles. The van der Waals surface area contributed by atoms with Crippen molar-refractivity contribution in [3.05, 3.63) is 30.3 Å². The van der Waals surface area contributed by atoms with Crippen molar-refractivity contribution in [3.8, 4) is 0 Å². The van der Waals surface area contributed by atoms with E-state index in [1.54, 1.807) is 23.1 Å². The summed E-state index contributed by atoms with van der Waals surface area (Å²) in [5, 5.41) is 0. The first kappa shape index (κ1) is 18.9. The summed E-state index contributed by atoms with van der Waals surface area (Å²) in [6, 6.07) is 8.26. The minimum atomic E-state index is -3.62. The fourth-order valence-corrected chi connectivity index (χ4v) is 3.44. The zero-order chi connectivity index (χ0) is 15.5. The number of benzene rings is 1. The molecule has 1 aromatic rings. The van der Waals surface area contributed by atoms with E-state index in [1.165, 1.54) is 19.2 Å². The van der Waals surface area contributed by atoms with Crippen LogP contribution in [-0.2, 0) is 14.8 Å². The Balaban J connectivity index is 0.00000242. The fourth-order valence-electron chi connectivity index (χ4n) is 2.30. The molecule has 6 nitrogen and oxygen atoms in total. The maximum Gasteiger partial charge on any atom is 0.243 e. The van der Waals surface area contributed by atoms with Crippen LogP contribution in [0.25, 0.3) is 0 Å². The number of sulfonamides is 1. The highest BCUT2D eigenvalue weighted by atomic mass is 35.5. The van der Waals surface area contributed by atoms with Gasteiger partial charge >= 0.3 is 0 Å². The van der Waals surface area contributed by atoms with Crippen LogP contribution in [0.2, 0.25) is 0 Å². The molecule has 0 aliphatic carbocycles. The summed E-state index contributed by atoms with van der Waals surface area (Å²) in [4.78, 5) is 14.0. The highest BCUT2D eigenvalue weighted by molar-refractivity contribution is 7.89. The van der Waals surface area contributed by atoms with Crippen LogP contribution in [0, 0.1) is 0 Å². The minimum absolute atomic E-state index is 0. The van der Waals surface area contributed by atoms with Crippen LogP contribution in [0.3, 0.4) is 0 Å². The van der Waals surface area contributed by atoms with E-state index in [4.69, 9.17) is 5.73 Å². The van der Waals surface area contributed by atoms with Gasteiger partial charge < -0.3 is 10.6 Å². The molecule has 0 aromatic heterocycles. The summed E-state index contributed by atoms with van der Waals surface area (Å²) >= 11 is 0. The average Bonchev–Trinajstić information content (AvgIpc) is 2.48. The van der Waals surface area contributed by atoms with E-state index >= 15 is 0 Å². The topological polar surface area (TPSA) is 83.7 Å². The molecule has 1 aliphatic heterocycles. The van der Waals surface area contributed by atoms with Gasteiger partial charge in [0.15, 0.2) is 0 Å². The number of carbonyl (C=O) groups excluding carboxylic acids is 1. The predicted molar refractivity (Wildman–Crippen MR) is 87.3 cm³/mol. The van der Waals surface area contributed by atoms with Gasteiger partial charge in [0, 0.05) is 26.2 Å². The molecule has 1 aliphatic rings. The lowest BCUT2D eigenvalue weighted by Gasteiger charge is -2.31.